The Bertz CT molecular complexity index is 1350. The maximum Gasteiger partial charge on any atom is 0.339 e. The first-order chi connectivity index (χ1) is 15.6. The molecule has 0 saturated heterocycles. The van der Waals surface area contributed by atoms with Crippen molar-refractivity contribution < 1.29 is 14.3 Å². The summed E-state index contributed by atoms with van der Waals surface area (Å²) in [7, 11) is 1.27. The normalized spacial score (nSPS) is 10.7. The van der Waals surface area contributed by atoms with Gasteiger partial charge in [-0.1, -0.05) is 36.4 Å². The van der Waals surface area contributed by atoms with Crippen molar-refractivity contribution in [3.8, 4) is 0 Å². The summed E-state index contributed by atoms with van der Waals surface area (Å²) in [6, 6.07) is 17.4. The molecule has 0 aliphatic rings. The van der Waals surface area contributed by atoms with E-state index in [4.69, 9.17) is 4.74 Å². The second-order valence-corrected chi connectivity index (χ2v) is 7.08. The SMILES string of the molecule is COC(=O)c1ccccc1NC(=O)Cn1nc(Cc2cccnc2)c2ccccc2c1=O. The van der Waals surface area contributed by atoms with E-state index in [2.05, 4.69) is 15.4 Å². The molecule has 2 aromatic carbocycles. The van der Waals surface area contributed by atoms with Gasteiger partial charge in [-0.15, -0.1) is 0 Å². The van der Waals surface area contributed by atoms with E-state index in [-0.39, 0.29) is 17.7 Å². The van der Waals surface area contributed by atoms with Crippen LogP contribution in [0.5, 0.6) is 0 Å². The van der Waals surface area contributed by atoms with Crippen LogP contribution >= 0.6 is 0 Å². The highest BCUT2D eigenvalue weighted by Gasteiger charge is 2.16. The minimum atomic E-state index is -0.569. The van der Waals surface area contributed by atoms with Gasteiger partial charge in [0.2, 0.25) is 5.91 Å². The number of aromatic nitrogens is 3. The quantitative estimate of drug-likeness (QED) is 0.474. The number of methoxy groups -OCH3 is 1. The van der Waals surface area contributed by atoms with Gasteiger partial charge in [0.05, 0.1) is 29.4 Å². The molecule has 8 nitrogen and oxygen atoms in total. The summed E-state index contributed by atoms with van der Waals surface area (Å²) < 4.78 is 5.90. The van der Waals surface area contributed by atoms with E-state index in [0.29, 0.717) is 23.2 Å². The molecule has 1 N–H and O–H groups in total. The van der Waals surface area contributed by atoms with E-state index in [1.54, 1.807) is 48.8 Å². The first-order valence-corrected chi connectivity index (χ1v) is 9.91. The van der Waals surface area contributed by atoms with Gasteiger partial charge in [-0.2, -0.15) is 5.10 Å². The highest BCUT2D eigenvalue weighted by Crippen LogP contribution is 2.18. The molecule has 32 heavy (non-hydrogen) atoms. The number of fused-ring (bicyclic) bond motifs is 1. The first kappa shape index (κ1) is 20.9. The van der Waals surface area contributed by atoms with Crippen LogP contribution in [0.3, 0.4) is 0 Å². The fourth-order valence-corrected chi connectivity index (χ4v) is 3.44. The predicted octanol–water partition coefficient (Wildman–Crippen LogP) is 2.81. The van der Waals surface area contributed by atoms with Gasteiger partial charge in [0.15, 0.2) is 0 Å². The topological polar surface area (TPSA) is 103 Å². The maximum atomic E-state index is 13.0. The molecule has 0 aliphatic heterocycles. The van der Waals surface area contributed by atoms with Gasteiger partial charge in [0.25, 0.3) is 5.56 Å². The molecule has 0 unspecified atom stereocenters. The van der Waals surface area contributed by atoms with Gasteiger partial charge in [0.1, 0.15) is 6.54 Å². The van der Waals surface area contributed by atoms with Crippen molar-refractivity contribution in [1.82, 2.24) is 14.8 Å². The highest BCUT2D eigenvalue weighted by atomic mass is 16.5. The smallest absolute Gasteiger partial charge is 0.339 e. The first-order valence-electron chi connectivity index (χ1n) is 9.91. The van der Waals surface area contributed by atoms with E-state index >= 15 is 0 Å². The number of amides is 1. The van der Waals surface area contributed by atoms with Crippen LogP contribution in [0.1, 0.15) is 21.6 Å². The molecule has 160 valence electrons. The lowest BCUT2D eigenvalue weighted by Gasteiger charge is -2.12. The van der Waals surface area contributed by atoms with E-state index in [9.17, 15) is 14.4 Å². The van der Waals surface area contributed by atoms with E-state index in [0.717, 1.165) is 15.6 Å². The molecule has 0 spiro atoms. The highest BCUT2D eigenvalue weighted by molar-refractivity contribution is 6.01. The number of carbonyl (C=O) groups is 2. The van der Waals surface area contributed by atoms with Crippen LogP contribution < -0.4 is 10.9 Å². The van der Waals surface area contributed by atoms with Crippen molar-refractivity contribution in [2.45, 2.75) is 13.0 Å². The zero-order valence-electron chi connectivity index (χ0n) is 17.3. The second kappa shape index (κ2) is 9.22. The number of benzene rings is 2. The number of hydrogen-bond acceptors (Lipinski definition) is 6. The molecule has 4 rings (SSSR count). The summed E-state index contributed by atoms with van der Waals surface area (Å²) in [5.41, 5.74) is 1.75. The van der Waals surface area contributed by atoms with Crippen LogP contribution in [0.4, 0.5) is 5.69 Å². The molecule has 0 atom stereocenters. The lowest BCUT2D eigenvalue weighted by Crippen LogP contribution is -2.31. The fourth-order valence-electron chi connectivity index (χ4n) is 3.44. The van der Waals surface area contributed by atoms with Crippen molar-refractivity contribution in [1.29, 1.82) is 0 Å². The molecule has 0 fully saturated rings. The van der Waals surface area contributed by atoms with Gasteiger partial charge in [-0.3, -0.25) is 14.6 Å². The lowest BCUT2D eigenvalue weighted by molar-refractivity contribution is -0.117. The third-order valence-electron chi connectivity index (χ3n) is 4.94. The van der Waals surface area contributed by atoms with Gasteiger partial charge in [-0.25, -0.2) is 9.48 Å². The van der Waals surface area contributed by atoms with Gasteiger partial charge in [0, 0.05) is 24.2 Å². The van der Waals surface area contributed by atoms with Gasteiger partial charge < -0.3 is 10.1 Å². The summed E-state index contributed by atoms with van der Waals surface area (Å²) >= 11 is 0. The Labute approximate surface area is 183 Å². The Morgan fingerprint density at radius 3 is 2.50 bits per heavy atom. The number of para-hydroxylation sites is 1. The second-order valence-electron chi connectivity index (χ2n) is 7.08. The third-order valence-corrected chi connectivity index (χ3v) is 4.94. The number of ether oxygens (including phenoxy) is 1. The summed E-state index contributed by atoms with van der Waals surface area (Å²) in [6.07, 6.45) is 3.89. The van der Waals surface area contributed by atoms with Crippen molar-refractivity contribution >= 4 is 28.3 Å². The fraction of sp³-hybridized carbons (Fsp3) is 0.125. The number of nitrogens with one attached hydrogen (secondary N) is 1. The van der Waals surface area contributed by atoms with E-state index in [1.807, 2.05) is 24.3 Å². The Kier molecular flexibility index (Phi) is 6.03. The zero-order chi connectivity index (χ0) is 22.5. The molecule has 0 radical (unpaired) electrons. The predicted molar refractivity (Wildman–Crippen MR) is 119 cm³/mol. The van der Waals surface area contributed by atoms with Crippen LogP contribution in [0.25, 0.3) is 10.8 Å². The number of hydrogen-bond donors (Lipinski definition) is 1. The lowest BCUT2D eigenvalue weighted by atomic mass is 10.1. The van der Waals surface area contributed by atoms with E-state index in [1.165, 1.54) is 7.11 Å². The molecule has 0 aliphatic carbocycles. The van der Waals surface area contributed by atoms with Crippen molar-refractivity contribution in [3.63, 3.8) is 0 Å². The Balaban J connectivity index is 1.66. The molecule has 2 heterocycles. The van der Waals surface area contributed by atoms with Crippen molar-refractivity contribution in [3.05, 3.63) is 100 Å². The Hall–Kier alpha value is -4.33. The van der Waals surface area contributed by atoms with Crippen LogP contribution in [0, 0.1) is 0 Å². The molecule has 4 aromatic rings. The minimum absolute atomic E-state index is 0.222. The Morgan fingerprint density at radius 1 is 1.00 bits per heavy atom. The number of esters is 1. The molecule has 0 saturated carbocycles. The van der Waals surface area contributed by atoms with E-state index < -0.39 is 11.9 Å². The number of nitrogens with zero attached hydrogens (tertiary/aromatic N) is 3. The average Bonchev–Trinajstić information content (AvgIpc) is 2.82. The van der Waals surface area contributed by atoms with Crippen LogP contribution in [-0.2, 0) is 22.5 Å². The number of anilines is 1. The largest absolute Gasteiger partial charge is 0.465 e. The third kappa shape index (κ3) is 4.39. The van der Waals surface area contributed by atoms with Crippen LogP contribution in [-0.4, -0.2) is 33.8 Å². The van der Waals surface area contributed by atoms with Gasteiger partial charge >= 0.3 is 5.97 Å². The van der Waals surface area contributed by atoms with Crippen LogP contribution in [0.2, 0.25) is 0 Å². The van der Waals surface area contributed by atoms with Crippen LogP contribution in [0.15, 0.2) is 77.9 Å². The summed E-state index contributed by atoms with van der Waals surface area (Å²) in [5.74, 6) is -1.06. The summed E-state index contributed by atoms with van der Waals surface area (Å²) in [6.45, 7) is -0.306. The van der Waals surface area contributed by atoms with Gasteiger partial charge in [-0.05, 0) is 29.8 Å². The molecule has 0 bridgehead atoms. The van der Waals surface area contributed by atoms with Crippen molar-refractivity contribution in [2.75, 3.05) is 12.4 Å². The summed E-state index contributed by atoms with van der Waals surface area (Å²) in [4.78, 5) is 41.8. The minimum Gasteiger partial charge on any atom is -0.465 e. The average molecular weight is 428 g/mol. The number of rotatable bonds is 6. The molecule has 8 heteroatoms. The standard InChI is InChI=1S/C24H20N4O4/c1-32-24(31)19-10-4-5-11-20(19)26-22(29)15-28-23(30)18-9-3-2-8-17(18)21(27-28)13-16-7-6-12-25-14-16/h2-12,14H,13,15H2,1H3,(H,26,29). The van der Waals surface area contributed by atoms with Crippen molar-refractivity contribution in [2.24, 2.45) is 0 Å². The monoisotopic (exact) mass is 428 g/mol. The number of carbonyl (C=O) groups excluding carboxylic acids is 2. The molecule has 2 aromatic heterocycles. The summed E-state index contributed by atoms with van der Waals surface area (Å²) in [5, 5.41) is 8.35. The molecule has 1 amide bonds. The maximum absolute atomic E-state index is 13.0. The molecular formula is C24H20N4O4. The zero-order valence-corrected chi connectivity index (χ0v) is 17.3. The molecular weight excluding hydrogens is 408 g/mol. The number of pyridine rings is 1. The Morgan fingerprint density at radius 2 is 1.75 bits per heavy atom.